The number of nitrogens with one attached hydrogen (secondary N) is 3. The van der Waals surface area contributed by atoms with Crippen molar-refractivity contribution in [1.29, 1.82) is 0 Å². The van der Waals surface area contributed by atoms with E-state index in [1.54, 1.807) is 25.1 Å². The van der Waals surface area contributed by atoms with Gasteiger partial charge in [0.2, 0.25) is 17.5 Å². The SMILES string of the molecule is Cc1c(Cl)cccc1Nc1ncnc(NNC(=O)Cc2ccc([N+](=O)[O-])cc2)c1[N+](=O)[O-]. The first kappa shape index (κ1) is 22.4. The number of hydrazine groups is 1. The van der Waals surface area contributed by atoms with Crippen LogP contribution >= 0.6 is 11.6 Å². The fraction of sp³-hybridized carbons (Fsp3) is 0.105. The van der Waals surface area contributed by atoms with Gasteiger partial charge in [0.1, 0.15) is 6.33 Å². The third-order valence-corrected chi connectivity index (χ3v) is 4.77. The second kappa shape index (κ2) is 9.66. The third-order valence-electron chi connectivity index (χ3n) is 4.36. The number of benzene rings is 2. The summed E-state index contributed by atoms with van der Waals surface area (Å²) in [5.41, 5.74) is 5.89. The van der Waals surface area contributed by atoms with Crippen LogP contribution in [0.5, 0.6) is 0 Å². The van der Waals surface area contributed by atoms with Gasteiger partial charge in [0.25, 0.3) is 5.69 Å². The molecule has 0 saturated heterocycles. The molecule has 32 heavy (non-hydrogen) atoms. The Morgan fingerprint density at radius 2 is 1.72 bits per heavy atom. The van der Waals surface area contributed by atoms with Gasteiger partial charge in [-0.05, 0) is 30.2 Å². The number of anilines is 3. The number of hydrogen-bond acceptors (Lipinski definition) is 9. The highest BCUT2D eigenvalue weighted by molar-refractivity contribution is 6.31. The summed E-state index contributed by atoms with van der Waals surface area (Å²) in [5.74, 6) is -0.862. The van der Waals surface area contributed by atoms with Gasteiger partial charge in [-0.15, -0.1) is 0 Å². The summed E-state index contributed by atoms with van der Waals surface area (Å²) >= 11 is 6.09. The van der Waals surface area contributed by atoms with Crippen LogP contribution in [-0.4, -0.2) is 25.7 Å². The van der Waals surface area contributed by atoms with Crippen LogP contribution < -0.4 is 16.2 Å². The van der Waals surface area contributed by atoms with Gasteiger partial charge in [-0.1, -0.05) is 29.8 Å². The Bertz CT molecular complexity index is 1190. The third kappa shape index (κ3) is 5.23. The van der Waals surface area contributed by atoms with Gasteiger partial charge < -0.3 is 5.32 Å². The molecule has 0 spiro atoms. The fourth-order valence-corrected chi connectivity index (χ4v) is 2.87. The van der Waals surface area contributed by atoms with Crippen molar-refractivity contribution >= 4 is 46.2 Å². The maximum Gasteiger partial charge on any atom is 0.355 e. The van der Waals surface area contributed by atoms with Crippen molar-refractivity contribution in [2.75, 3.05) is 10.7 Å². The van der Waals surface area contributed by atoms with Crippen LogP contribution in [0.2, 0.25) is 5.02 Å². The largest absolute Gasteiger partial charge is 0.355 e. The summed E-state index contributed by atoms with van der Waals surface area (Å²) in [5, 5.41) is 25.7. The lowest BCUT2D eigenvalue weighted by molar-refractivity contribution is -0.384. The van der Waals surface area contributed by atoms with Crippen LogP contribution in [0, 0.1) is 27.2 Å². The number of carbonyl (C=O) groups excluding carboxylic acids is 1. The summed E-state index contributed by atoms with van der Waals surface area (Å²) in [6, 6.07) is 10.5. The minimum Gasteiger partial charge on any atom is -0.334 e. The molecule has 0 radical (unpaired) electrons. The van der Waals surface area contributed by atoms with Crippen LogP contribution in [0.15, 0.2) is 48.8 Å². The minimum atomic E-state index is -0.687. The first-order valence-electron chi connectivity index (χ1n) is 9.06. The molecule has 2 aromatic carbocycles. The molecule has 0 bridgehead atoms. The number of nitro benzene ring substituents is 1. The summed E-state index contributed by atoms with van der Waals surface area (Å²) in [6.45, 7) is 1.75. The number of amides is 1. The molecule has 1 aromatic heterocycles. The Labute approximate surface area is 185 Å². The molecule has 3 N–H and O–H groups in total. The molecule has 0 aliphatic rings. The van der Waals surface area contributed by atoms with Crippen molar-refractivity contribution in [2.24, 2.45) is 0 Å². The van der Waals surface area contributed by atoms with E-state index in [1.807, 2.05) is 0 Å². The van der Waals surface area contributed by atoms with Crippen molar-refractivity contribution in [3.8, 4) is 0 Å². The van der Waals surface area contributed by atoms with Gasteiger partial charge in [-0.25, -0.2) is 9.97 Å². The molecule has 13 heteroatoms. The minimum absolute atomic E-state index is 0.0949. The molecule has 0 fully saturated rings. The fourth-order valence-electron chi connectivity index (χ4n) is 2.70. The number of rotatable bonds is 8. The second-order valence-corrected chi connectivity index (χ2v) is 6.89. The zero-order chi connectivity index (χ0) is 23.3. The van der Waals surface area contributed by atoms with E-state index in [-0.39, 0.29) is 23.7 Å². The standard InChI is InChI=1S/C19H16ClN7O5/c1-11-14(20)3-2-4-15(11)23-18-17(27(31)32)19(22-10-21-18)25-24-16(28)9-12-5-7-13(8-6-12)26(29)30/h2-8,10H,9H2,1H3,(H,24,28)(H2,21,22,23,25). The molecular formula is C19H16ClN7O5. The van der Waals surface area contributed by atoms with Gasteiger partial charge in [-0.3, -0.25) is 35.9 Å². The Kier molecular flexibility index (Phi) is 6.75. The maximum absolute atomic E-state index is 12.2. The predicted molar refractivity (Wildman–Crippen MR) is 117 cm³/mol. The lowest BCUT2D eigenvalue weighted by atomic mass is 10.1. The number of carbonyl (C=O) groups is 1. The van der Waals surface area contributed by atoms with E-state index in [4.69, 9.17) is 11.6 Å². The molecule has 0 unspecified atom stereocenters. The van der Waals surface area contributed by atoms with Crippen LogP contribution in [0.1, 0.15) is 11.1 Å². The molecule has 0 saturated carbocycles. The molecular weight excluding hydrogens is 442 g/mol. The van der Waals surface area contributed by atoms with Crippen molar-refractivity contribution < 1.29 is 14.6 Å². The zero-order valence-electron chi connectivity index (χ0n) is 16.5. The Morgan fingerprint density at radius 3 is 2.38 bits per heavy atom. The van der Waals surface area contributed by atoms with Crippen LogP contribution in [0.4, 0.5) is 28.7 Å². The van der Waals surface area contributed by atoms with Crippen molar-refractivity contribution in [1.82, 2.24) is 15.4 Å². The summed E-state index contributed by atoms with van der Waals surface area (Å²) < 4.78 is 0. The molecule has 0 aliphatic heterocycles. The van der Waals surface area contributed by atoms with Crippen molar-refractivity contribution in [3.05, 3.63) is 85.2 Å². The van der Waals surface area contributed by atoms with Gasteiger partial charge in [0.05, 0.1) is 16.3 Å². The highest BCUT2D eigenvalue weighted by Gasteiger charge is 2.24. The van der Waals surface area contributed by atoms with Gasteiger partial charge >= 0.3 is 5.69 Å². The molecule has 0 aliphatic carbocycles. The van der Waals surface area contributed by atoms with Crippen LogP contribution in [-0.2, 0) is 11.2 Å². The molecule has 1 amide bonds. The van der Waals surface area contributed by atoms with Gasteiger partial charge in [0.15, 0.2) is 0 Å². The average molecular weight is 458 g/mol. The normalized spacial score (nSPS) is 10.3. The number of non-ortho nitro benzene ring substituents is 1. The topological polar surface area (TPSA) is 165 Å². The van der Waals surface area contributed by atoms with E-state index in [9.17, 15) is 25.0 Å². The summed E-state index contributed by atoms with van der Waals surface area (Å²) in [6.07, 6.45) is 0.983. The van der Waals surface area contributed by atoms with Gasteiger partial charge in [0, 0.05) is 22.8 Å². The molecule has 164 valence electrons. The van der Waals surface area contributed by atoms with E-state index in [0.717, 1.165) is 6.33 Å². The number of halogens is 1. The Balaban J connectivity index is 1.74. The zero-order valence-corrected chi connectivity index (χ0v) is 17.3. The first-order chi connectivity index (χ1) is 15.3. The smallest absolute Gasteiger partial charge is 0.334 e. The average Bonchev–Trinajstić information content (AvgIpc) is 2.75. The van der Waals surface area contributed by atoms with Crippen LogP contribution in [0.3, 0.4) is 0 Å². The van der Waals surface area contributed by atoms with E-state index in [0.29, 0.717) is 21.8 Å². The molecule has 1 heterocycles. The first-order valence-corrected chi connectivity index (χ1v) is 9.43. The number of nitrogens with zero attached hydrogens (tertiary/aromatic N) is 4. The second-order valence-electron chi connectivity index (χ2n) is 6.49. The molecule has 3 aromatic rings. The molecule has 0 atom stereocenters. The van der Waals surface area contributed by atoms with E-state index >= 15 is 0 Å². The lowest BCUT2D eigenvalue weighted by Gasteiger charge is -2.12. The predicted octanol–water partition coefficient (Wildman–Crippen LogP) is 3.68. The van der Waals surface area contributed by atoms with E-state index in [1.165, 1.54) is 24.3 Å². The summed E-state index contributed by atoms with van der Waals surface area (Å²) in [4.78, 5) is 41.1. The van der Waals surface area contributed by atoms with E-state index in [2.05, 4.69) is 26.1 Å². The Hall–Kier alpha value is -4.32. The van der Waals surface area contributed by atoms with Crippen molar-refractivity contribution in [3.63, 3.8) is 0 Å². The highest BCUT2D eigenvalue weighted by Crippen LogP contribution is 2.33. The Morgan fingerprint density at radius 1 is 1.03 bits per heavy atom. The lowest BCUT2D eigenvalue weighted by Crippen LogP contribution is -2.31. The van der Waals surface area contributed by atoms with Crippen molar-refractivity contribution in [2.45, 2.75) is 13.3 Å². The number of nitro groups is 2. The van der Waals surface area contributed by atoms with E-state index < -0.39 is 21.4 Å². The van der Waals surface area contributed by atoms with Gasteiger partial charge in [-0.2, -0.15) is 0 Å². The number of aromatic nitrogens is 2. The quantitative estimate of drug-likeness (QED) is 0.337. The monoisotopic (exact) mass is 457 g/mol. The number of hydrogen-bond donors (Lipinski definition) is 3. The maximum atomic E-state index is 12.2. The summed E-state index contributed by atoms with van der Waals surface area (Å²) in [7, 11) is 0. The molecule has 12 nitrogen and oxygen atoms in total. The van der Waals surface area contributed by atoms with Crippen LogP contribution in [0.25, 0.3) is 0 Å². The highest BCUT2D eigenvalue weighted by atomic mass is 35.5. The molecule has 3 rings (SSSR count).